The van der Waals surface area contributed by atoms with E-state index in [1.165, 1.54) is 6.20 Å². The van der Waals surface area contributed by atoms with Crippen LogP contribution in [0.3, 0.4) is 0 Å². The second-order valence-electron chi connectivity index (χ2n) is 4.35. The first-order chi connectivity index (χ1) is 9.43. The van der Waals surface area contributed by atoms with Gasteiger partial charge < -0.3 is 15.7 Å². The van der Waals surface area contributed by atoms with Crippen molar-refractivity contribution in [1.82, 2.24) is 5.32 Å². The van der Waals surface area contributed by atoms with Gasteiger partial charge in [0.15, 0.2) is 0 Å². The van der Waals surface area contributed by atoms with Crippen LogP contribution in [0.2, 0.25) is 5.02 Å². The Bertz CT molecular complexity index is 562. The molecule has 5 nitrogen and oxygen atoms in total. The van der Waals surface area contributed by atoms with Crippen LogP contribution < -0.4 is 10.6 Å². The molecule has 6 heteroatoms. The molecule has 0 radical (unpaired) electrons. The van der Waals surface area contributed by atoms with Crippen molar-refractivity contribution in [3.05, 3.63) is 40.6 Å². The molecule has 1 aromatic carbocycles. The third-order valence-corrected chi connectivity index (χ3v) is 2.86. The van der Waals surface area contributed by atoms with E-state index in [0.29, 0.717) is 10.7 Å². The van der Waals surface area contributed by atoms with Gasteiger partial charge in [-0.15, -0.1) is 0 Å². The summed E-state index contributed by atoms with van der Waals surface area (Å²) in [4.78, 5) is 11.9. The zero-order valence-corrected chi connectivity index (χ0v) is 12.0. The first-order valence-electron chi connectivity index (χ1n) is 6.03. The average Bonchev–Trinajstić information content (AvgIpc) is 2.38. The zero-order chi connectivity index (χ0) is 15.1. The standard InChI is InChI=1S/C14H16ClN3O2/c1-9-3-4-12(5-13(9)15)18-14(20)11(6-16)8-17-7-10(2)19/h3-5,8,10,17,19H,7H2,1-2H3,(H,18,20)/b11-8-. The summed E-state index contributed by atoms with van der Waals surface area (Å²) in [6.07, 6.45) is 0.711. The monoisotopic (exact) mass is 293 g/mol. The van der Waals surface area contributed by atoms with Gasteiger partial charge in [0.1, 0.15) is 11.6 Å². The smallest absolute Gasteiger partial charge is 0.267 e. The zero-order valence-electron chi connectivity index (χ0n) is 11.3. The van der Waals surface area contributed by atoms with Gasteiger partial charge in [-0.3, -0.25) is 4.79 Å². The molecule has 1 aromatic rings. The van der Waals surface area contributed by atoms with E-state index in [9.17, 15) is 4.79 Å². The number of aliphatic hydroxyl groups is 1. The van der Waals surface area contributed by atoms with Crippen LogP contribution in [0.25, 0.3) is 0 Å². The summed E-state index contributed by atoms with van der Waals surface area (Å²) in [6.45, 7) is 3.71. The minimum atomic E-state index is -0.565. The molecule has 1 amide bonds. The summed E-state index contributed by atoms with van der Waals surface area (Å²) < 4.78 is 0. The average molecular weight is 294 g/mol. The summed E-state index contributed by atoms with van der Waals surface area (Å²) >= 11 is 5.96. The molecule has 0 aliphatic heterocycles. The molecule has 1 unspecified atom stereocenters. The van der Waals surface area contributed by atoms with Crippen LogP contribution in [0, 0.1) is 18.3 Å². The Balaban J connectivity index is 2.72. The highest BCUT2D eigenvalue weighted by molar-refractivity contribution is 6.31. The van der Waals surface area contributed by atoms with Crippen molar-refractivity contribution in [1.29, 1.82) is 5.26 Å². The number of hydrogen-bond donors (Lipinski definition) is 3. The van der Waals surface area contributed by atoms with Crippen molar-refractivity contribution >= 4 is 23.2 Å². The minimum Gasteiger partial charge on any atom is -0.392 e. The molecule has 0 aliphatic carbocycles. The van der Waals surface area contributed by atoms with Gasteiger partial charge in [0.05, 0.1) is 6.10 Å². The second-order valence-corrected chi connectivity index (χ2v) is 4.75. The third-order valence-electron chi connectivity index (χ3n) is 2.45. The van der Waals surface area contributed by atoms with Crippen LogP contribution in [-0.2, 0) is 4.79 Å². The summed E-state index contributed by atoms with van der Waals surface area (Å²) in [7, 11) is 0. The summed E-state index contributed by atoms with van der Waals surface area (Å²) in [5, 5.41) is 23.8. The third kappa shape index (κ3) is 4.92. The number of benzene rings is 1. The lowest BCUT2D eigenvalue weighted by atomic mass is 10.2. The lowest BCUT2D eigenvalue weighted by molar-refractivity contribution is -0.112. The highest BCUT2D eigenvalue weighted by Gasteiger charge is 2.10. The fourth-order valence-corrected chi connectivity index (χ4v) is 1.53. The van der Waals surface area contributed by atoms with Gasteiger partial charge in [-0.2, -0.15) is 5.26 Å². The number of carbonyl (C=O) groups is 1. The fraction of sp³-hybridized carbons (Fsp3) is 0.286. The Morgan fingerprint density at radius 3 is 2.85 bits per heavy atom. The van der Waals surface area contributed by atoms with E-state index in [2.05, 4.69) is 10.6 Å². The highest BCUT2D eigenvalue weighted by atomic mass is 35.5. The Morgan fingerprint density at radius 1 is 1.60 bits per heavy atom. The predicted octanol–water partition coefficient (Wildman–Crippen LogP) is 1.96. The Kier molecular flexibility index (Phi) is 6.04. The van der Waals surface area contributed by atoms with Crippen molar-refractivity contribution in [2.75, 3.05) is 11.9 Å². The van der Waals surface area contributed by atoms with Gasteiger partial charge >= 0.3 is 0 Å². The van der Waals surface area contributed by atoms with Gasteiger partial charge in [-0.25, -0.2) is 0 Å². The van der Waals surface area contributed by atoms with Gasteiger partial charge in [-0.1, -0.05) is 17.7 Å². The Labute approximate surface area is 122 Å². The molecule has 0 saturated heterocycles. The van der Waals surface area contributed by atoms with E-state index in [1.807, 2.05) is 6.92 Å². The SMILES string of the molecule is Cc1ccc(NC(=O)/C(C#N)=C\NCC(C)O)cc1Cl. The number of halogens is 1. The summed E-state index contributed by atoms with van der Waals surface area (Å²) in [5.74, 6) is -0.537. The van der Waals surface area contributed by atoms with Gasteiger partial charge in [0, 0.05) is 23.5 Å². The maximum Gasteiger partial charge on any atom is 0.267 e. The number of rotatable bonds is 5. The van der Waals surface area contributed by atoms with Crippen molar-refractivity contribution in [2.45, 2.75) is 20.0 Å². The molecule has 1 rings (SSSR count). The Morgan fingerprint density at radius 2 is 2.30 bits per heavy atom. The first-order valence-corrected chi connectivity index (χ1v) is 6.41. The van der Waals surface area contributed by atoms with Crippen LogP contribution in [-0.4, -0.2) is 23.7 Å². The maximum absolute atomic E-state index is 11.9. The molecule has 3 N–H and O–H groups in total. The minimum absolute atomic E-state index is 0.0812. The van der Waals surface area contributed by atoms with Crippen molar-refractivity contribution in [3.8, 4) is 6.07 Å². The maximum atomic E-state index is 11.9. The number of nitrogens with zero attached hydrogens (tertiary/aromatic N) is 1. The molecule has 0 saturated carbocycles. The molecule has 0 aliphatic rings. The number of amides is 1. The second kappa shape index (κ2) is 7.53. The number of nitrogens with one attached hydrogen (secondary N) is 2. The Hall–Kier alpha value is -2.03. The van der Waals surface area contributed by atoms with Crippen LogP contribution in [0.5, 0.6) is 0 Å². The lowest BCUT2D eigenvalue weighted by Crippen LogP contribution is -2.22. The quantitative estimate of drug-likeness (QED) is 0.572. The molecule has 1 atom stereocenters. The van der Waals surface area contributed by atoms with Crippen molar-refractivity contribution in [3.63, 3.8) is 0 Å². The van der Waals surface area contributed by atoms with E-state index in [0.717, 1.165) is 5.56 Å². The molecule has 0 heterocycles. The van der Waals surface area contributed by atoms with Gasteiger partial charge in [0.2, 0.25) is 0 Å². The first kappa shape index (κ1) is 16.0. The topological polar surface area (TPSA) is 85.2 Å². The lowest BCUT2D eigenvalue weighted by Gasteiger charge is -2.07. The number of anilines is 1. The highest BCUT2D eigenvalue weighted by Crippen LogP contribution is 2.20. The molecule has 0 fully saturated rings. The number of hydrogen-bond acceptors (Lipinski definition) is 4. The van der Waals surface area contributed by atoms with Gasteiger partial charge in [-0.05, 0) is 31.5 Å². The normalized spacial score (nSPS) is 12.4. The van der Waals surface area contributed by atoms with E-state index in [1.54, 1.807) is 31.2 Å². The van der Waals surface area contributed by atoms with E-state index in [-0.39, 0.29) is 12.1 Å². The molecule has 20 heavy (non-hydrogen) atoms. The molecule has 0 spiro atoms. The number of carbonyl (C=O) groups excluding carboxylic acids is 1. The number of nitriles is 1. The van der Waals surface area contributed by atoms with Crippen molar-refractivity contribution in [2.24, 2.45) is 0 Å². The van der Waals surface area contributed by atoms with Crippen LogP contribution in [0.4, 0.5) is 5.69 Å². The fourth-order valence-electron chi connectivity index (χ4n) is 1.35. The predicted molar refractivity (Wildman–Crippen MR) is 78.2 cm³/mol. The molecule has 0 aromatic heterocycles. The van der Waals surface area contributed by atoms with E-state index < -0.39 is 12.0 Å². The van der Waals surface area contributed by atoms with Crippen LogP contribution >= 0.6 is 11.6 Å². The molecular weight excluding hydrogens is 278 g/mol. The largest absolute Gasteiger partial charge is 0.392 e. The van der Waals surface area contributed by atoms with Crippen LogP contribution in [0.1, 0.15) is 12.5 Å². The van der Waals surface area contributed by atoms with E-state index >= 15 is 0 Å². The summed E-state index contributed by atoms with van der Waals surface area (Å²) in [6, 6.07) is 6.89. The van der Waals surface area contributed by atoms with Crippen LogP contribution in [0.15, 0.2) is 30.0 Å². The van der Waals surface area contributed by atoms with Gasteiger partial charge in [0.25, 0.3) is 5.91 Å². The summed E-state index contributed by atoms with van der Waals surface area (Å²) in [5.41, 5.74) is 1.34. The van der Waals surface area contributed by atoms with Crippen molar-refractivity contribution < 1.29 is 9.90 Å². The number of aryl methyl sites for hydroxylation is 1. The van der Waals surface area contributed by atoms with E-state index in [4.69, 9.17) is 22.0 Å². The molecule has 0 bridgehead atoms. The molecular formula is C14H16ClN3O2. The molecule has 106 valence electrons. The number of aliphatic hydroxyl groups excluding tert-OH is 1.